The van der Waals surface area contributed by atoms with E-state index >= 15 is 0 Å². The van der Waals surface area contributed by atoms with E-state index in [1.54, 1.807) is 0 Å². The molecular formula is C14H28N2O. The molecule has 1 atom stereocenters. The summed E-state index contributed by atoms with van der Waals surface area (Å²) in [6.07, 6.45) is 2.88. The maximum atomic E-state index is 5.68. The summed E-state index contributed by atoms with van der Waals surface area (Å²) in [7, 11) is 0. The second kappa shape index (κ2) is 7.85. The summed E-state index contributed by atoms with van der Waals surface area (Å²) in [5, 5.41) is 3.41. The average Bonchev–Trinajstić information content (AvgIpc) is 2.78. The molecule has 1 N–H and O–H groups in total. The predicted octanol–water partition coefficient (Wildman–Crippen LogP) is 2.04. The first-order chi connectivity index (χ1) is 8.11. The van der Waals surface area contributed by atoms with Gasteiger partial charge in [-0.05, 0) is 25.0 Å². The van der Waals surface area contributed by atoms with Crippen molar-refractivity contribution in [3.05, 3.63) is 12.2 Å². The number of likely N-dealkylation sites (N-methyl/N-ethyl adjacent to an activating group) is 1. The lowest BCUT2D eigenvalue weighted by Crippen LogP contribution is -2.36. The average molecular weight is 240 g/mol. The quantitative estimate of drug-likeness (QED) is 0.657. The first-order valence-electron chi connectivity index (χ1n) is 6.85. The zero-order chi connectivity index (χ0) is 12.7. The summed E-state index contributed by atoms with van der Waals surface area (Å²) < 4.78 is 5.68. The first-order valence-corrected chi connectivity index (χ1v) is 6.85. The molecule has 1 aliphatic heterocycles. The number of nitrogens with one attached hydrogen (secondary N) is 1. The molecule has 3 heteroatoms. The molecule has 0 amide bonds. The van der Waals surface area contributed by atoms with Crippen LogP contribution in [0.4, 0.5) is 0 Å². The van der Waals surface area contributed by atoms with E-state index in [1.165, 1.54) is 18.4 Å². The molecule has 100 valence electrons. The van der Waals surface area contributed by atoms with Gasteiger partial charge in [-0.15, -0.1) is 0 Å². The summed E-state index contributed by atoms with van der Waals surface area (Å²) in [6, 6.07) is 0.528. The van der Waals surface area contributed by atoms with Crippen LogP contribution in [0.15, 0.2) is 12.2 Å². The number of hydrogen-bond acceptors (Lipinski definition) is 3. The Kier molecular flexibility index (Phi) is 6.78. The Labute approximate surface area is 106 Å². The van der Waals surface area contributed by atoms with Crippen molar-refractivity contribution in [3.63, 3.8) is 0 Å². The minimum atomic E-state index is 0.445. The smallest absolute Gasteiger partial charge is 0.0702 e. The molecule has 3 nitrogen and oxygen atoms in total. The van der Waals surface area contributed by atoms with Crippen molar-refractivity contribution in [2.75, 3.05) is 32.8 Å². The molecule has 1 heterocycles. The van der Waals surface area contributed by atoms with E-state index in [4.69, 9.17) is 4.74 Å². The molecule has 0 aliphatic carbocycles. The topological polar surface area (TPSA) is 24.5 Å². The summed E-state index contributed by atoms with van der Waals surface area (Å²) in [4.78, 5) is 2.43. The summed E-state index contributed by atoms with van der Waals surface area (Å²) in [6.45, 7) is 15.6. The van der Waals surface area contributed by atoms with Gasteiger partial charge in [-0.25, -0.2) is 0 Å². The highest BCUT2D eigenvalue weighted by atomic mass is 16.5. The van der Waals surface area contributed by atoms with Crippen LogP contribution >= 0.6 is 0 Å². The lowest BCUT2D eigenvalue weighted by molar-refractivity contribution is 0.0776. The van der Waals surface area contributed by atoms with Gasteiger partial charge in [0.25, 0.3) is 0 Å². The Morgan fingerprint density at radius 2 is 2.29 bits per heavy atom. The van der Waals surface area contributed by atoms with Gasteiger partial charge in [0.05, 0.1) is 6.10 Å². The van der Waals surface area contributed by atoms with Gasteiger partial charge in [0.1, 0.15) is 0 Å². The number of rotatable bonds is 8. The Balaban J connectivity index is 2.22. The zero-order valence-electron chi connectivity index (χ0n) is 11.7. The molecule has 1 rings (SSSR count). The van der Waals surface area contributed by atoms with Crippen LogP contribution in [0.25, 0.3) is 0 Å². The summed E-state index contributed by atoms with van der Waals surface area (Å²) in [5.41, 5.74) is 1.26. The van der Waals surface area contributed by atoms with Crippen molar-refractivity contribution >= 4 is 0 Å². The van der Waals surface area contributed by atoms with E-state index < -0.39 is 0 Å². The lowest BCUT2D eigenvalue weighted by Gasteiger charge is -2.25. The van der Waals surface area contributed by atoms with Crippen LogP contribution in [-0.4, -0.2) is 49.8 Å². The van der Waals surface area contributed by atoms with Crippen LogP contribution in [0.1, 0.15) is 33.6 Å². The number of nitrogens with zero attached hydrogens (tertiary/aromatic N) is 1. The van der Waals surface area contributed by atoms with Gasteiger partial charge in [0.15, 0.2) is 0 Å². The molecule has 0 aromatic rings. The molecule has 0 spiro atoms. The highest BCUT2D eigenvalue weighted by molar-refractivity contribution is 5.00. The van der Waals surface area contributed by atoms with E-state index in [9.17, 15) is 0 Å². The van der Waals surface area contributed by atoms with Gasteiger partial charge in [0, 0.05) is 32.3 Å². The van der Waals surface area contributed by atoms with Crippen molar-refractivity contribution in [1.29, 1.82) is 0 Å². The summed E-state index contributed by atoms with van der Waals surface area (Å²) in [5.74, 6) is 0. The third-order valence-corrected chi connectivity index (χ3v) is 3.14. The Hall–Kier alpha value is -0.380. The van der Waals surface area contributed by atoms with Crippen molar-refractivity contribution in [2.45, 2.75) is 45.8 Å². The zero-order valence-corrected chi connectivity index (χ0v) is 11.7. The standard InChI is InChI=1S/C14H28N2O/c1-5-16(11-14-7-6-8-17-14)10-13(4)9-15-12(2)3/h12,14-15H,4-11H2,1-3H3. The molecule has 1 saturated heterocycles. The second-order valence-electron chi connectivity index (χ2n) is 5.25. The number of hydrogen-bond donors (Lipinski definition) is 1. The van der Waals surface area contributed by atoms with Crippen LogP contribution in [0.5, 0.6) is 0 Å². The minimum absolute atomic E-state index is 0.445. The molecule has 1 unspecified atom stereocenters. The fourth-order valence-electron chi connectivity index (χ4n) is 2.10. The van der Waals surface area contributed by atoms with Crippen LogP contribution in [0, 0.1) is 0 Å². The maximum Gasteiger partial charge on any atom is 0.0702 e. The van der Waals surface area contributed by atoms with Crippen molar-refractivity contribution in [1.82, 2.24) is 10.2 Å². The van der Waals surface area contributed by atoms with E-state index in [-0.39, 0.29) is 0 Å². The fourth-order valence-corrected chi connectivity index (χ4v) is 2.10. The van der Waals surface area contributed by atoms with Crippen LogP contribution in [0.3, 0.4) is 0 Å². The monoisotopic (exact) mass is 240 g/mol. The minimum Gasteiger partial charge on any atom is -0.377 e. The molecule has 0 saturated carbocycles. The molecule has 1 fully saturated rings. The van der Waals surface area contributed by atoms with Gasteiger partial charge in [-0.2, -0.15) is 0 Å². The molecule has 0 aromatic carbocycles. The molecule has 0 aromatic heterocycles. The largest absolute Gasteiger partial charge is 0.377 e. The van der Waals surface area contributed by atoms with E-state index in [2.05, 4.69) is 37.6 Å². The molecule has 1 aliphatic rings. The van der Waals surface area contributed by atoms with Gasteiger partial charge in [-0.3, -0.25) is 4.90 Å². The first kappa shape index (κ1) is 14.7. The van der Waals surface area contributed by atoms with Gasteiger partial charge < -0.3 is 10.1 Å². The van der Waals surface area contributed by atoms with E-state index in [0.717, 1.165) is 32.8 Å². The third kappa shape index (κ3) is 6.20. The normalized spacial score (nSPS) is 20.4. The Bertz CT molecular complexity index is 222. The van der Waals surface area contributed by atoms with E-state index in [0.29, 0.717) is 12.1 Å². The molecule has 0 bridgehead atoms. The van der Waals surface area contributed by atoms with Crippen molar-refractivity contribution in [2.24, 2.45) is 0 Å². The molecule has 17 heavy (non-hydrogen) atoms. The van der Waals surface area contributed by atoms with Crippen LogP contribution < -0.4 is 5.32 Å². The van der Waals surface area contributed by atoms with Gasteiger partial charge in [-0.1, -0.05) is 27.4 Å². The highest BCUT2D eigenvalue weighted by Crippen LogP contribution is 2.13. The second-order valence-corrected chi connectivity index (χ2v) is 5.25. The van der Waals surface area contributed by atoms with Crippen molar-refractivity contribution in [3.8, 4) is 0 Å². The lowest BCUT2D eigenvalue weighted by atomic mass is 10.2. The maximum absolute atomic E-state index is 5.68. The number of ether oxygens (including phenoxy) is 1. The Morgan fingerprint density at radius 1 is 1.53 bits per heavy atom. The van der Waals surface area contributed by atoms with Crippen LogP contribution in [-0.2, 0) is 4.74 Å². The Morgan fingerprint density at radius 3 is 2.82 bits per heavy atom. The van der Waals surface area contributed by atoms with Gasteiger partial charge in [0.2, 0.25) is 0 Å². The van der Waals surface area contributed by atoms with E-state index in [1.807, 2.05) is 0 Å². The van der Waals surface area contributed by atoms with Crippen molar-refractivity contribution < 1.29 is 4.74 Å². The predicted molar refractivity (Wildman–Crippen MR) is 73.4 cm³/mol. The summed E-state index contributed by atoms with van der Waals surface area (Å²) >= 11 is 0. The SMILES string of the molecule is C=C(CNC(C)C)CN(CC)CC1CCCO1. The third-order valence-electron chi connectivity index (χ3n) is 3.14. The highest BCUT2D eigenvalue weighted by Gasteiger charge is 2.18. The van der Waals surface area contributed by atoms with Gasteiger partial charge >= 0.3 is 0 Å². The fraction of sp³-hybridized carbons (Fsp3) is 0.857. The van der Waals surface area contributed by atoms with Crippen LogP contribution in [0.2, 0.25) is 0 Å². The molecule has 0 radical (unpaired) electrons. The molecular weight excluding hydrogens is 212 g/mol.